The van der Waals surface area contributed by atoms with Crippen LogP contribution in [0, 0.1) is 5.92 Å². The fourth-order valence-electron chi connectivity index (χ4n) is 4.60. The van der Waals surface area contributed by atoms with Crippen molar-refractivity contribution in [3.8, 4) is 5.69 Å². The van der Waals surface area contributed by atoms with Gasteiger partial charge >= 0.3 is 5.97 Å². The van der Waals surface area contributed by atoms with Crippen molar-refractivity contribution in [2.24, 2.45) is 5.92 Å². The summed E-state index contributed by atoms with van der Waals surface area (Å²) in [7, 11) is 0. The average Bonchev–Trinajstić information content (AvgIpc) is 3.59. The zero-order valence-corrected chi connectivity index (χ0v) is 18.6. The van der Waals surface area contributed by atoms with Gasteiger partial charge in [-0.05, 0) is 37.8 Å². The van der Waals surface area contributed by atoms with E-state index in [0.29, 0.717) is 36.0 Å². The van der Waals surface area contributed by atoms with Gasteiger partial charge in [0.05, 0.1) is 36.3 Å². The first-order valence-corrected chi connectivity index (χ1v) is 11.7. The summed E-state index contributed by atoms with van der Waals surface area (Å²) in [6.45, 7) is 4.33. The van der Waals surface area contributed by atoms with Gasteiger partial charge in [0, 0.05) is 25.0 Å². The average molecular weight is 453 g/mol. The van der Waals surface area contributed by atoms with E-state index in [9.17, 15) is 9.59 Å². The Kier molecular flexibility index (Phi) is 5.60. The minimum absolute atomic E-state index is 0.0189. The third kappa shape index (κ3) is 3.75. The standard InChI is InChI=1S/C22H24N6O3S/c1-2-31-21(30)17-14-32-22(25-17)27-12-8-15-7-11-26(13-19(15)27)20(29)16-5-3-4-6-18(16)28-23-9-10-24-28/h3-6,9-10,14-15,19H,2,7-8,11-13H2,1H3/t15-,19-/m0/s1. The van der Waals surface area contributed by atoms with E-state index >= 15 is 0 Å². The molecule has 2 aliphatic rings. The van der Waals surface area contributed by atoms with Gasteiger partial charge in [-0.1, -0.05) is 12.1 Å². The minimum atomic E-state index is -0.393. The molecular weight excluding hydrogens is 428 g/mol. The molecule has 0 aliphatic carbocycles. The van der Waals surface area contributed by atoms with Crippen LogP contribution in [0.1, 0.15) is 40.6 Å². The summed E-state index contributed by atoms with van der Waals surface area (Å²) < 4.78 is 5.07. The number of thiazole rings is 1. The number of amides is 1. The van der Waals surface area contributed by atoms with Crippen LogP contribution < -0.4 is 4.90 Å². The number of piperidine rings is 1. The molecule has 2 aromatic heterocycles. The fourth-order valence-corrected chi connectivity index (χ4v) is 5.48. The van der Waals surface area contributed by atoms with Crippen molar-refractivity contribution in [1.82, 2.24) is 24.9 Å². The Morgan fingerprint density at radius 1 is 1.16 bits per heavy atom. The molecule has 2 atom stereocenters. The SMILES string of the molecule is CCOC(=O)c1csc(N2CC[C@@H]3CCN(C(=O)c4ccccc4-n4nccn4)C[C@@H]32)n1. The lowest BCUT2D eigenvalue weighted by Crippen LogP contribution is -2.50. The van der Waals surface area contributed by atoms with E-state index in [1.165, 1.54) is 16.1 Å². The van der Waals surface area contributed by atoms with Crippen LogP contribution in [0.4, 0.5) is 5.13 Å². The molecule has 0 saturated carbocycles. The highest BCUT2D eigenvalue weighted by Crippen LogP contribution is 2.37. The highest BCUT2D eigenvalue weighted by Gasteiger charge is 2.41. The summed E-state index contributed by atoms with van der Waals surface area (Å²) in [5.74, 6) is 0.0987. The summed E-state index contributed by atoms with van der Waals surface area (Å²) in [5.41, 5.74) is 1.61. The maximum Gasteiger partial charge on any atom is 0.357 e. The summed E-state index contributed by atoms with van der Waals surface area (Å²) in [6, 6.07) is 7.61. The lowest BCUT2D eigenvalue weighted by molar-refractivity contribution is 0.0520. The predicted molar refractivity (Wildman–Crippen MR) is 119 cm³/mol. The number of hydrogen-bond acceptors (Lipinski definition) is 8. The third-order valence-corrected chi connectivity index (χ3v) is 7.02. The van der Waals surface area contributed by atoms with Crippen molar-refractivity contribution in [3.05, 3.63) is 53.3 Å². The molecule has 0 spiro atoms. The number of ether oxygens (including phenoxy) is 1. The first-order valence-electron chi connectivity index (χ1n) is 10.8. The number of aromatic nitrogens is 4. The summed E-state index contributed by atoms with van der Waals surface area (Å²) in [5, 5.41) is 10.9. The Morgan fingerprint density at radius 3 is 2.75 bits per heavy atom. The molecule has 2 aliphatic heterocycles. The van der Waals surface area contributed by atoms with Crippen LogP contribution >= 0.6 is 11.3 Å². The van der Waals surface area contributed by atoms with Gasteiger partial charge in [-0.15, -0.1) is 11.3 Å². The Labute approximate surface area is 189 Å². The number of carbonyl (C=O) groups is 2. The van der Waals surface area contributed by atoms with E-state index in [-0.39, 0.29) is 11.9 Å². The van der Waals surface area contributed by atoms with Gasteiger partial charge in [-0.3, -0.25) is 4.79 Å². The first kappa shape index (κ1) is 20.6. The van der Waals surface area contributed by atoms with Gasteiger partial charge in [0.2, 0.25) is 0 Å². The van der Waals surface area contributed by atoms with Gasteiger partial charge in [-0.2, -0.15) is 15.0 Å². The molecule has 2 saturated heterocycles. The molecule has 5 rings (SSSR count). The number of fused-ring (bicyclic) bond motifs is 1. The van der Waals surface area contributed by atoms with E-state index in [1.807, 2.05) is 29.2 Å². The molecule has 1 amide bonds. The number of likely N-dealkylation sites (tertiary alicyclic amines) is 1. The van der Waals surface area contributed by atoms with E-state index in [0.717, 1.165) is 31.1 Å². The normalized spacial score (nSPS) is 20.3. The van der Waals surface area contributed by atoms with Crippen molar-refractivity contribution in [2.45, 2.75) is 25.8 Å². The lowest BCUT2D eigenvalue weighted by atomic mass is 9.92. The van der Waals surface area contributed by atoms with Crippen LogP contribution in [0.3, 0.4) is 0 Å². The molecule has 2 fully saturated rings. The van der Waals surface area contributed by atoms with Crippen LogP contribution in [0.2, 0.25) is 0 Å². The number of hydrogen-bond donors (Lipinski definition) is 0. The van der Waals surface area contributed by atoms with E-state index in [1.54, 1.807) is 24.7 Å². The second kappa shape index (κ2) is 8.70. The maximum absolute atomic E-state index is 13.5. The number of nitrogens with zero attached hydrogens (tertiary/aromatic N) is 6. The van der Waals surface area contributed by atoms with E-state index in [2.05, 4.69) is 20.1 Å². The Hall–Kier alpha value is -3.27. The molecule has 166 valence electrons. The van der Waals surface area contributed by atoms with Crippen molar-refractivity contribution in [1.29, 1.82) is 0 Å². The molecule has 0 bridgehead atoms. The molecule has 9 nitrogen and oxygen atoms in total. The number of rotatable bonds is 5. The zero-order chi connectivity index (χ0) is 22.1. The van der Waals surface area contributed by atoms with Gasteiger partial charge in [0.15, 0.2) is 10.8 Å². The monoisotopic (exact) mass is 452 g/mol. The first-order chi connectivity index (χ1) is 15.7. The van der Waals surface area contributed by atoms with Gasteiger partial charge in [-0.25, -0.2) is 9.78 Å². The topological polar surface area (TPSA) is 93.5 Å². The van der Waals surface area contributed by atoms with Crippen molar-refractivity contribution < 1.29 is 14.3 Å². The Morgan fingerprint density at radius 2 is 1.94 bits per heavy atom. The number of carbonyl (C=O) groups excluding carboxylic acids is 2. The molecule has 1 aromatic carbocycles. The lowest BCUT2D eigenvalue weighted by Gasteiger charge is -2.38. The maximum atomic E-state index is 13.5. The van der Waals surface area contributed by atoms with Crippen LogP contribution in [0.15, 0.2) is 42.0 Å². The second-order valence-corrected chi connectivity index (χ2v) is 8.76. The summed E-state index contributed by atoms with van der Waals surface area (Å²) >= 11 is 1.45. The summed E-state index contributed by atoms with van der Waals surface area (Å²) in [6.07, 6.45) is 5.21. The van der Waals surface area contributed by atoms with Gasteiger partial charge in [0.1, 0.15) is 0 Å². The third-order valence-electron chi connectivity index (χ3n) is 6.14. The van der Waals surface area contributed by atoms with Crippen LogP contribution in [-0.2, 0) is 4.74 Å². The molecule has 32 heavy (non-hydrogen) atoms. The smallest absolute Gasteiger partial charge is 0.357 e. The molecular formula is C22H24N6O3S. The van der Waals surface area contributed by atoms with Crippen molar-refractivity contribution in [3.63, 3.8) is 0 Å². The number of para-hydroxylation sites is 1. The molecule has 3 aromatic rings. The van der Waals surface area contributed by atoms with Crippen molar-refractivity contribution in [2.75, 3.05) is 31.1 Å². The van der Waals surface area contributed by atoms with E-state index < -0.39 is 5.97 Å². The van der Waals surface area contributed by atoms with Crippen LogP contribution in [-0.4, -0.2) is 69.0 Å². The predicted octanol–water partition coefficient (Wildman–Crippen LogP) is 2.64. The highest BCUT2D eigenvalue weighted by molar-refractivity contribution is 7.13. The molecule has 4 heterocycles. The van der Waals surface area contributed by atoms with Gasteiger partial charge < -0.3 is 14.5 Å². The van der Waals surface area contributed by atoms with Gasteiger partial charge in [0.25, 0.3) is 5.91 Å². The van der Waals surface area contributed by atoms with Crippen LogP contribution in [0.25, 0.3) is 5.69 Å². The molecule has 0 radical (unpaired) electrons. The van der Waals surface area contributed by atoms with Crippen molar-refractivity contribution >= 4 is 28.3 Å². The molecule has 10 heteroatoms. The second-order valence-electron chi connectivity index (χ2n) is 7.92. The highest BCUT2D eigenvalue weighted by atomic mass is 32.1. The number of esters is 1. The zero-order valence-electron chi connectivity index (χ0n) is 17.8. The quantitative estimate of drug-likeness (QED) is 0.550. The van der Waals surface area contributed by atoms with Crippen LogP contribution in [0.5, 0.6) is 0 Å². The molecule has 0 N–H and O–H groups in total. The Bertz CT molecular complexity index is 1110. The minimum Gasteiger partial charge on any atom is -0.461 e. The van der Waals surface area contributed by atoms with E-state index in [4.69, 9.17) is 4.74 Å². The fraction of sp³-hybridized carbons (Fsp3) is 0.409. The molecule has 0 unspecified atom stereocenters. The Balaban J connectivity index is 1.35. The number of anilines is 1. The number of benzene rings is 1. The summed E-state index contributed by atoms with van der Waals surface area (Å²) in [4.78, 5) is 35.7. The largest absolute Gasteiger partial charge is 0.461 e.